The maximum absolute atomic E-state index is 4.67. The third-order valence-electron chi connectivity index (χ3n) is 6.00. The van der Waals surface area contributed by atoms with Crippen molar-refractivity contribution in [2.45, 2.75) is 33.7 Å². The van der Waals surface area contributed by atoms with E-state index in [0.717, 1.165) is 55.6 Å². The van der Waals surface area contributed by atoms with Gasteiger partial charge in [0.1, 0.15) is 5.69 Å². The predicted octanol–water partition coefficient (Wildman–Crippen LogP) is 7.61. The third kappa shape index (κ3) is 4.45. The van der Waals surface area contributed by atoms with Crippen LogP contribution in [0.3, 0.4) is 0 Å². The van der Waals surface area contributed by atoms with Gasteiger partial charge >= 0.3 is 0 Å². The van der Waals surface area contributed by atoms with E-state index >= 15 is 0 Å². The number of pyridine rings is 1. The van der Waals surface area contributed by atoms with Gasteiger partial charge in [0.05, 0.1) is 22.9 Å². The van der Waals surface area contributed by atoms with Crippen LogP contribution in [-0.2, 0) is 0 Å². The van der Waals surface area contributed by atoms with Crippen LogP contribution < -0.4 is 5.32 Å². The second-order valence-electron chi connectivity index (χ2n) is 8.92. The summed E-state index contributed by atoms with van der Waals surface area (Å²) >= 11 is 1.78. The quantitative estimate of drug-likeness (QED) is 0.210. The standard InChI is InChI=1S/C29H29N5S/c1-6-19(12-21(7-2)31-17(3)4)20-9-10-25-23(13-20)29(34-33-25)26-14-22-24(15-30-16-27(22)32-26)28-11-8-18(5)35-28/h6-17,31-32H,2H2,1,3-5H3,(H,33,34)/b19-6+,21-12+. The first kappa shape index (κ1) is 22.9. The van der Waals surface area contributed by atoms with Crippen molar-refractivity contribution in [3.8, 4) is 21.8 Å². The monoisotopic (exact) mass is 479 g/mol. The second-order valence-corrected chi connectivity index (χ2v) is 10.2. The van der Waals surface area contributed by atoms with Gasteiger partial charge in [-0.2, -0.15) is 5.10 Å². The molecule has 0 saturated carbocycles. The molecule has 0 atom stereocenters. The third-order valence-corrected chi connectivity index (χ3v) is 7.03. The summed E-state index contributed by atoms with van der Waals surface area (Å²) in [5, 5.41) is 13.5. The summed E-state index contributed by atoms with van der Waals surface area (Å²) in [7, 11) is 0. The number of allylic oxidation sites excluding steroid dienone is 4. The molecule has 3 N–H and O–H groups in total. The number of nitrogens with zero attached hydrogens (tertiary/aromatic N) is 2. The summed E-state index contributed by atoms with van der Waals surface area (Å²) in [6.07, 6.45) is 9.94. The van der Waals surface area contributed by atoms with Gasteiger partial charge in [0.2, 0.25) is 0 Å². The molecular weight excluding hydrogens is 450 g/mol. The summed E-state index contributed by atoms with van der Waals surface area (Å²) in [6.45, 7) is 12.4. The zero-order chi connectivity index (χ0) is 24.5. The first-order chi connectivity index (χ1) is 17.0. The molecular formula is C29H29N5S. The van der Waals surface area contributed by atoms with Crippen molar-refractivity contribution < 1.29 is 0 Å². The van der Waals surface area contributed by atoms with Crippen LogP contribution in [-0.4, -0.2) is 26.2 Å². The highest BCUT2D eigenvalue weighted by molar-refractivity contribution is 7.15. The van der Waals surface area contributed by atoms with Gasteiger partial charge in [-0.3, -0.25) is 10.1 Å². The molecule has 0 aliphatic rings. The van der Waals surface area contributed by atoms with Crippen molar-refractivity contribution in [2.24, 2.45) is 0 Å². The Balaban J connectivity index is 1.59. The zero-order valence-electron chi connectivity index (χ0n) is 20.4. The molecule has 5 rings (SSSR count). The van der Waals surface area contributed by atoms with Gasteiger partial charge in [0, 0.05) is 44.0 Å². The molecule has 0 radical (unpaired) electrons. The van der Waals surface area contributed by atoms with E-state index in [4.69, 9.17) is 0 Å². The molecule has 4 heterocycles. The molecule has 1 aromatic carbocycles. The molecule has 0 aliphatic carbocycles. The molecule has 5 nitrogen and oxygen atoms in total. The van der Waals surface area contributed by atoms with Crippen LogP contribution in [0.2, 0.25) is 0 Å². The van der Waals surface area contributed by atoms with Gasteiger partial charge in [-0.25, -0.2) is 0 Å². The van der Waals surface area contributed by atoms with Crippen molar-refractivity contribution in [3.63, 3.8) is 0 Å². The average Bonchev–Trinajstić information content (AvgIpc) is 3.58. The molecule has 0 bridgehead atoms. The number of hydrogen-bond donors (Lipinski definition) is 3. The highest BCUT2D eigenvalue weighted by Crippen LogP contribution is 2.36. The number of H-pyrrole nitrogens is 2. The molecule has 0 saturated heterocycles. The highest BCUT2D eigenvalue weighted by Gasteiger charge is 2.15. The molecule has 0 spiro atoms. The van der Waals surface area contributed by atoms with Crippen LogP contribution in [0.15, 0.2) is 79.3 Å². The molecule has 4 aromatic heterocycles. The molecule has 6 heteroatoms. The van der Waals surface area contributed by atoms with Gasteiger partial charge in [-0.15, -0.1) is 11.3 Å². The number of hydrogen-bond acceptors (Lipinski definition) is 4. The van der Waals surface area contributed by atoms with Crippen molar-refractivity contribution >= 4 is 38.7 Å². The Hall–Kier alpha value is -3.90. The number of aromatic amines is 2. The van der Waals surface area contributed by atoms with E-state index in [0.29, 0.717) is 6.04 Å². The molecule has 0 fully saturated rings. The Morgan fingerprint density at radius 1 is 1.09 bits per heavy atom. The van der Waals surface area contributed by atoms with Crippen molar-refractivity contribution in [2.75, 3.05) is 0 Å². The van der Waals surface area contributed by atoms with E-state index in [2.05, 4.69) is 108 Å². The fourth-order valence-corrected chi connectivity index (χ4v) is 5.24. The highest BCUT2D eigenvalue weighted by atomic mass is 32.1. The van der Waals surface area contributed by atoms with Crippen LogP contribution in [0.1, 0.15) is 31.2 Å². The summed E-state index contributed by atoms with van der Waals surface area (Å²) in [4.78, 5) is 10.5. The smallest absolute Gasteiger partial charge is 0.116 e. The predicted molar refractivity (Wildman–Crippen MR) is 149 cm³/mol. The van der Waals surface area contributed by atoms with Crippen LogP contribution in [0.25, 0.3) is 49.2 Å². The topological polar surface area (TPSA) is 69.4 Å². The molecule has 0 unspecified atom stereocenters. The Labute approximate surface area is 209 Å². The molecule has 35 heavy (non-hydrogen) atoms. The fourth-order valence-electron chi connectivity index (χ4n) is 4.35. The number of rotatable bonds is 7. The number of nitrogens with one attached hydrogen (secondary N) is 3. The summed E-state index contributed by atoms with van der Waals surface area (Å²) in [6, 6.07) is 13.2. The fraction of sp³-hybridized carbons (Fsp3) is 0.172. The zero-order valence-corrected chi connectivity index (χ0v) is 21.3. The normalized spacial score (nSPS) is 12.7. The van der Waals surface area contributed by atoms with Crippen molar-refractivity contribution in [1.82, 2.24) is 25.5 Å². The van der Waals surface area contributed by atoms with E-state index < -0.39 is 0 Å². The number of thiophene rings is 1. The summed E-state index contributed by atoms with van der Waals surface area (Å²) in [5.41, 5.74) is 8.26. The van der Waals surface area contributed by atoms with Crippen molar-refractivity contribution in [1.29, 1.82) is 0 Å². The van der Waals surface area contributed by atoms with Crippen LogP contribution in [0.4, 0.5) is 0 Å². The van der Waals surface area contributed by atoms with E-state index in [1.165, 1.54) is 9.75 Å². The van der Waals surface area contributed by atoms with E-state index in [9.17, 15) is 0 Å². The maximum atomic E-state index is 4.67. The largest absolute Gasteiger partial charge is 0.383 e. The Morgan fingerprint density at radius 3 is 2.66 bits per heavy atom. The number of aryl methyl sites for hydroxylation is 1. The molecule has 176 valence electrons. The van der Waals surface area contributed by atoms with Crippen LogP contribution >= 0.6 is 11.3 Å². The number of benzene rings is 1. The molecule has 0 aliphatic heterocycles. The minimum Gasteiger partial charge on any atom is -0.383 e. The lowest BCUT2D eigenvalue weighted by Crippen LogP contribution is -2.20. The van der Waals surface area contributed by atoms with Gasteiger partial charge in [-0.05, 0) is 81.3 Å². The van der Waals surface area contributed by atoms with E-state index in [1.54, 1.807) is 11.3 Å². The summed E-state index contributed by atoms with van der Waals surface area (Å²) in [5.74, 6) is 0. The van der Waals surface area contributed by atoms with Gasteiger partial charge in [0.15, 0.2) is 0 Å². The second kappa shape index (κ2) is 9.39. The minimum absolute atomic E-state index is 0.333. The Morgan fingerprint density at radius 2 is 1.94 bits per heavy atom. The molecule has 5 aromatic rings. The minimum atomic E-state index is 0.333. The first-order valence-electron chi connectivity index (χ1n) is 11.8. The first-order valence-corrected chi connectivity index (χ1v) is 12.6. The molecule has 0 amide bonds. The van der Waals surface area contributed by atoms with Gasteiger partial charge in [-0.1, -0.05) is 18.7 Å². The van der Waals surface area contributed by atoms with Crippen LogP contribution in [0, 0.1) is 6.92 Å². The number of fused-ring (bicyclic) bond motifs is 2. The number of aromatic nitrogens is 4. The maximum Gasteiger partial charge on any atom is 0.116 e. The van der Waals surface area contributed by atoms with E-state index in [1.807, 2.05) is 18.5 Å². The SMILES string of the molecule is C=C/C(=C\C(=C/C)c1ccc2[nH]nc(-c3cc4c(-c5ccc(C)s5)cncc4[nH]3)c2c1)NC(C)C. The lowest BCUT2D eigenvalue weighted by atomic mass is 10.0. The van der Waals surface area contributed by atoms with Gasteiger partial charge < -0.3 is 10.3 Å². The van der Waals surface area contributed by atoms with Crippen LogP contribution in [0.5, 0.6) is 0 Å². The lowest BCUT2D eigenvalue weighted by molar-refractivity contribution is 0.682. The Bertz CT molecular complexity index is 1590. The summed E-state index contributed by atoms with van der Waals surface area (Å²) < 4.78 is 0. The average molecular weight is 480 g/mol. The van der Waals surface area contributed by atoms with Gasteiger partial charge in [0.25, 0.3) is 0 Å². The Kier molecular flexibility index (Phi) is 6.14. The van der Waals surface area contributed by atoms with E-state index in [-0.39, 0.29) is 0 Å². The lowest BCUT2D eigenvalue weighted by Gasteiger charge is -2.12. The van der Waals surface area contributed by atoms with Crippen molar-refractivity contribution in [3.05, 3.63) is 89.7 Å².